The van der Waals surface area contributed by atoms with E-state index in [1.54, 1.807) is 31.2 Å². The quantitative estimate of drug-likeness (QED) is 0.519. The lowest BCUT2D eigenvalue weighted by molar-refractivity contribution is 0.210. The molecule has 1 atom stereocenters. The number of benzene rings is 2. The topological polar surface area (TPSA) is 56.9 Å². The molecule has 0 radical (unpaired) electrons. The van der Waals surface area contributed by atoms with E-state index in [9.17, 15) is 13.9 Å². The molecule has 0 unspecified atom stereocenters. The van der Waals surface area contributed by atoms with E-state index in [-0.39, 0.29) is 23.6 Å². The summed E-state index contributed by atoms with van der Waals surface area (Å²) in [5.74, 6) is 0.0929. The van der Waals surface area contributed by atoms with Gasteiger partial charge in [0.05, 0.1) is 16.6 Å². The van der Waals surface area contributed by atoms with Crippen LogP contribution in [0.4, 0.5) is 14.5 Å². The van der Waals surface area contributed by atoms with Crippen LogP contribution in [0.2, 0.25) is 0 Å². The molecule has 9 heteroatoms. The third kappa shape index (κ3) is 3.64. The standard InChI is InChI=1S/C22H21F2N5OS/c1-14-25-22-29(26-14)21(30)20(31-22)19(15-6-8-16(23)9-7-15)28-12-10-27(11-13-28)18-5-3-2-4-17(18)24/h2-9,19,30H,10-13H2,1H3/t19-/m0/s1. The summed E-state index contributed by atoms with van der Waals surface area (Å²) >= 11 is 1.38. The van der Waals surface area contributed by atoms with E-state index in [1.807, 2.05) is 11.0 Å². The lowest BCUT2D eigenvalue weighted by atomic mass is 10.0. The molecule has 0 amide bonds. The number of nitrogens with zero attached hydrogens (tertiary/aromatic N) is 5. The maximum absolute atomic E-state index is 14.2. The number of aromatic nitrogens is 3. The van der Waals surface area contributed by atoms with Crippen LogP contribution in [0, 0.1) is 18.6 Å². The van der Waals surface area contributed by atoms with Crippen molar-refractivity contribution < 1.29 is 13.9 Å². The Bertz CT molecular complexity index is 1210. The molecule has 5 rings (SSSR count). The van der Waals surface area contributed by atoms with Crippen molar-refractivity contribution in [2.24, 2.45) is 0 Å². The number of rotatable bonds is 4. The Morgan fingerprint density at radius 3 is 2.39 bits per heavy atom. The first kappa shape index (κ1) is 19.9. The third-order valence-corrected chi connectivity index (χ3v) is 6.68. The molecule has 0 spiro atoms. The summed E-state index contributed by atoms with van der Waals surface area (Å²) in [4.78, 5) is 9.95. The molecule has 1 saturated heterocycles. The van der Waals surface area contributed by atoms with E-state index < -0.39 is 0 Å². The van der Waals surface area contributed by atoms with Gasteiger partial charge in [-0.05, 0) is 36.8 Å². The van der Waals surface area contributed by atoms with Crippen molar-refractivity contribution in [2.45, 2.75) is 13.0 Å². The summed E-state index contributed by atoms with van der Waals surface area (Å²) in [5, 5.41) is 15.2. The Labute approximate surface area is 182 Å². The SMILES string of the molecule is Cc1nc2sc([C@H](c3ccc(F)cc3)N3CCN(c4ccccc4F)CC3)c(O)n2n1. The smallest absolute Gasteiger partial charge is 0.230 e. The molecule has 0 aliphatic carbocycles. The van der Waals surface area contributed by atoms with E-state index in [1.165, 1.54) is 34.1 Å². The van der Waals surface area contributed by atoms with Gasteiger partial charge < -0.3 is 10.0 Å². The van der Waals surface area contributed by atoms with Gasteiger partial charge in [0.25, 0.3) is 0 Å². The number of anilines is 1. The molecule has 2 aromatic heterocycles. The van der Waals surface area contributed by atoms with E-state index in [4.69, 9.17) is 0 Å². The van der Waals surface area contributed by atoms with Gasteiger partial charge in [0.15, 0.2) is 0 Å². The fraction of sp³-hybridized carbons (Fsp3) is 0.273. The van der Waals surface area contributed by atoms with Crippen LogP contribution in [-0.2, 0) is 0 Å². The minimum atomic E-state index is -0.311. The molecule has 1 N–H and O–H groups in total. The van der Waals surface area contributed by atoms with Crippen LogP contribution in [0.3, 0.4) is 0 Å². The molecule has 3 heterocycles. The molecule has 6 nitrogen and oxygen atoms in total. The fourth-order valence-corrected chi connectivity index (χ4v) is 5.29. The minimum Gasteiger partial charge on any atom is -0.492 e. The highest BCUT2D eigenvalue weighted by Gasteiger charge is 2.32. The van der Waals surface area contributed by atoms with Crippen LogP contribution < -0.4 is 4.90 Å². The van der Waals surface area contributed by atoms with Crippen LogP contribution >= 0.6 is 11.3 Å². The van der Waals surface area contributed by atoms with Crippen LogP contribution in [0.1, 0.15) is 22.3 Å². The Balaban J connectivity index is 1.48. The number of thiazole rings is 1. The average molecular weight is 442 g/mol. The van der Waals surface area contributed by atoms with Gasteiger partial charge in [0.1, 0.15) is 17.5 Å². The van der Waals surface area contributed by atoms with Gasteiger partial charge in [0, 0.05) is 26.2 Å². The van der Waals surface area contributed by atoms with Gasteiger partial charge in [0.2, 0.25) is 10.8 Å². The van der Waals surface area contributed by atoms with Gasteiger partial charge in [-0.1, -0.05) is 35.6 Å². The number of aromatic hydroxyl groups is 1. The molecule has 1 fully saturated rings. The Morgan fingerprint density at radius 2 is 1.71 bits per heavy atom. The summed E-state index contributed by atoms with van der Waals surface area (Å²) in [7, 11) is 0. The number of halogens is 2. The monoisotopic (exact) mass is 441 g/mol. The lowest BCUT2D eigenvalue weighted by Gasteiger charge is -2.40. The second-order valence-corrected chi connectivity index (χ2v) is 8.58. The molecule has 1 aliphatic rings. The summed E-state index contributed by atoms with van der Waals surface area (Å²) in [5.41, 5.74) is 1.47. The molecule has 1 aliphatic heterocycles. The zero-order valence-corrected chi connectivity index (χ0v) is 17.7. The maximum Gasteiger partial charge on any atom is 0.230 e. The number of aryl methyl sites for hydroxylation is 1. The van der Waals surface area contributed by atoms with Crippen molar-refractivity contribution in [3.05, 3.63) is 76.4 Å². The van der Waals surface area contributed by atoms with Gasteiger partial charge in [-0.25, -0.2) is 13.8 Å². The van der Waals surface area contributed by atoms with E-state index >= 15 is 0 Å². The number of para-hydroxylation sites is 1. The first-order valence-corrected chi connectivity index (χ1v) is 10.9. The predicted octanol–water partition coefficient (Wildman–Crippen LogP) is 3.99. The highest BCUT2D eigenvalue weighted by molar-refractivity contribution is 7.17. The van der Waals surface area contributed by atoms with Crippen molar-refractivity contribution in [3.63, 3.8) is 0 Å². The lowest BCUT2D eigenvalue weighted by Crippen LogP contribution is -2.48. The van der Waals surface area contributed by atoms with Crippen molar-refractivity contribution in [1.82, 2.24) is 19.5 Å². The first-order chi connectivity index (χ1) is 15.0. The molecule has 0 saturated carbocycles. The van der Waals surface area contributed by atoms with Crippen LogP contribution in [-0.4, -0.2) is 50.8 Å². The van der Waals surface area contributed by atoms with Crippen LogP contribution in [0.15, 0.2) is 48.5 Å². The maximum atomic E-state index is 14.2. The summed E-state index contributed by atoms with van der Waals surface area (Å²) in [6.07, 6.45) is 0. The molecule has 0 bridgehead atoms. The summed E-state index contributed by atoms with van der Waals surface area (Å²) in [6.45, 7) is 4.36. The Morgan fingerprint density at radius 1 is 1.00 bits per heavy atom. The minimum absolute atomic E-state index is 0.0476. The normalized spacial score (nSPS) is 16.2. The van der Waals surface area contributed by atoms with Crippen LogP contribution in [0.25, 0.3) is 4.96 Å². The average Bonchev–Trinajstić information content (AvgIpc) is 3.28. The highest BCUT2D eigenvalue weighted by atomic mass is 32.1. The summed E-state index contributed by atoms with van der Waals surface area (Å²) in [6, 6.07) is 12.8. The first-order valence-electron chi connectivity index (χ1n) is 10.1. The second kappa shape index (κ2) is 7.90. The van der Waals surface area contributed by atoms with Crippen LogP contribution in [0.5, 0.6) is 5.88 Å². The molecular formula is C22H21F2N5OS. The predicted molar refractivity (Wildman–Crippen MR) is 116 cm³/mol. The van der Waals surface area contributed by atoms with E-state index in [0.29, 0.717) is 47.5 Å². The van der Waals surface area contributed by atoms with Gasteiger partial charge >= 0.3 is 0 Å². The Hall–Kier alpha value is -3.04. The van der Waals surface area contributed by atoms with Gasteiger partial charge in [-0.3, -0.25) is 4.90 Å². The molecule has 2 aromatic carbocycles. The number of piperazine rings is 1. The second-order valence-electron chi connectivity index (χ2n) is 7.57. The molecule has 31 heavy (non-hydrogen) atoms. The van der Waals surface area contributed by atoms with Crippen molar-refractivity contribution in [1.29, 1.82) is 0 Å². The third-order valence-electron chi connectivity index (χ3n) is 5.61. The van der Waals surface area contributed by atoms with Crippen molar-refractivity contribution in [3.8, 4) is 5.88 Å². The van der Waals surface area contributed by atoms with Gasteiger partial charge in [-0.15, -0.1) is 5.10 Å². The molecular weight excluding hydrogens is 420 g/mol. The van der Waals surface area contributed by atoms with E-state index in [0.717, 1.165) is 5.56 Å². The van der Waals surface area contributed by atoms with E-state index in [2.05, 4.69) is 15.0 Å². The van der Waals surface area contributed by atoms with Gasteiger partial charge in [-0.2, -0.15) is 4.52 Å². The number of fused-ring (bicyclic) bond motifs is 1. The Kier molecular flexibility index (Phi) is 5.07. The molecule has 4 aromatic rings. The van der Waals surface area contributed by atoms with Crippen molar-refractivity contribution >= 4 is 22.0 Å². The zero-order valence-electron chi connectivity index (χ0n) is 16.9. The molecule has 160 valence electrons. The number of hydrogen-bond acceptors (Lipinski definition) is 6. The highest BCUT2D eigenvalue weighted by Crippen LogP contribution is 2.40. The summed E-state index contributed by atoms with van der Waals surface area (Å²) < 4.78 is 29.3. The fourth-order valence-electron chi connectivity index (χ4n) is 4.13. The number of hydrogen-bond donors (Lipinski definition) is 1. The van der Waals surface area contributed by atoms with Crippen molar-refractivity contribution in [2.75, 3.05) is 31.1 Å². The zero-order chi connectivity index (χ0) is 21.5. The largest absolute Gasteiger partial charge is 0.492 e.